The SMILES string of the molecule is CSc1ccc(C2Nc3c(ccc(C)c3C)C3C=CCC32)cc1. The van der Waals surface area contributed by atoms with Crippen LogP contribution < -0.4 is 5.32 Å². The molecule has 2 aromatic rings. The van der Waals surface area contributed by atoms with Gasteiger partial charge in [-0.25, -0.2) is 0 Å². The van der Waals surface area contributed by atoms with Crippen molar-refractivity contribution in [3.05, 3.63) is 70.8 Å². The minimum Gasteiger partial charge on any atom is -0.377 e. The molecule has 1 nitrogen and oxygen atoms in total. The van der Waals surface area contributed by atoms with E-state index in [-0.39, 0.29) is 0 Å². The summed E-state index contributed by atoms with van der Waals surface area (Å²) in [6, 6.07) is 14.1. The number of anilines is 1. The lowest BCUT2D eigenvalue weighted by molar-refractivity contribution is 0.425. The lowest BCUT2D eigenvalue weighted by Gasteiger charge is -2.38. The van der Waals surface area contributed by atoms with Crippen LogP contribution in [0, 0.1) is 19.8 Å². The zero-order valence-electron chi connectivity index (χ0n) is 14.0. The Labute approximate surface area is 143 Å². The van der Waals surface area contributed by atoms with Crippen LogP contribution in [0.25, 0.3) is 0 Å². The number of benzene rings is 2. The second kappa shape index (κ2) is 5.76. The number of aryl methyl sites for hydroxylation is 1. The summed E-state index contributed by atoms with van der Waals surface area (Å²) in [5.74, 6) is 1.18. The normalized spacial score (nSPS) is 24.9. The maximum absolute atomic E-state index is 3.88. The topological polar surface area (TPSA) is 12.0 Å². The van der Waals surface area contributed by atoms with Gasteiger partial charge in [0.1, 0.15) is 0 Å². The molecule has 2 heteroatoms. The summed E-state index contributed by atoms with van der Waals surface area (Å²) in [4.78, 5) is 1.33. The molecule has 118 valence electrons. The van der Waals surface area contributed by atoms with Gasteiger partial charge in [-0.1, -0.05) is 36.4 Å². The summed E-state index contributed by atoms with van der Waals surface area (Å²) in [5, 5.41) is 3.88. The first-order chi connectivity index (χ1) is 11.2. The summed E-state index contributed by atoms with van der Waals surface area (Å²) in [5.41, 5.74) is 7.01. The molecule has 0 bridgehead atoms. The highest BCUT2D eigenvalue weighted by Crippen LogP contribution is 2.50. The number of hydrogen-bond acceptors (Lipinski definition) is 2. The van der Waals surface area contributed by atoms with Crippen LogP contribution in [0.4, 0.5) is 5.69 Å². The van der Waals surface area contributed by atoms with Gasteiger partial charge < -0.3 is 5.32 Å². The Morgan fingerprint density at radius 2 is 1.83 bits per heavy atom. The Morgan fingerprint density at radius 1 is 1.04 bits per heavy atom. The van der Waals surface area contributed by atoms with Crippen molar-refractivity contribution in [3.63, 3.8) is 0 Å². The van der Waals surface area contributed by atoms with Crippen LogP contribution in [0.3, 0.4) is 0 Å². The van der Waals surface area contributed by atoms with Crippen LogP contribution >= 0.6 is 11.8 Å². The summed E-state index contributed by atoms with van der Waals surface area (Å²) in [7, 11) is 0. The molecular weight excluding hydrogens is 298 g/mol. The Balaban J connectivity index is 1.78. The van der Waals surface area contributed by atoms with E-state index in [2.05, 4.69) is 74.0 Å². The number of hydrogen-bond donors (Lipinski definition) is 1. The fourth-order valence-electron chi connectivity index (χ4n) is 4.06. The molecule has 1 N–H and O–H groups in total. The van der Waals surface area contributed by atoms with Gasteiger partial charge >= 0.3 is 0 Å². The van der Waals surface area contributed by atoms with Gasteiger partial charge in [0.2, 0.25) is 0 Å². The minimum absolute atomic E-state index is 0.402. The van der Waals surface area contributed by atoms with Gasteiger partial charge in [0.05, 0.1) is 6.04 Å². The van der Waals surface area contributed by atoms with E-state index in [0.29, 0.717) is 17.9 Å². The molecule has 23 heavy (non-hydrogen) atoms. The fraction of sp³-hybridized carbons (Fsp3) is 0.333. The average molecular weight is 321 g/mol. The molecule has 0 amide bonds. The largest absolute Gasteiger partial charge is 0.377 e. The van der Waals surface area contributed by atoms with Gasteiger partial charge in [0.15, 0.2) is 0 Å². The number of nitrogens with one attached hydrogen (secondary N) is 1. The summed E-state index contributed by atoms with van der Waals surface area (Å²) >= 11 is 1.80. The Hall–Kier alpha value is -1.67. The van der Waals surface area contributed by atoms with Crippen molar-refractivity contribution in [3.8, 4) is 0 Å². The highest BCUT2D eigenvalue weighted by Gasteiger charge is 2.38. The molecule has 0 saturated heterocycles. The van der Waals surface area contributed by atoms with Gasteiger partial charge in [0, 0.05) is 16.5 Å². The quantitative estimate of drug-likeness (QED) is 0.550. The minimum atomic E-state index is 0.402. The van der Waals surface area contributed by atoms with Gasteiger partial charge in [-0.05, 0) is 66.8 Å². The molecule has 0 fully saturated rings. The van der Waals surface area contributed by atoms with Crippen LogP contribution in [0.5, 0.6) is 0 Å². The number of rotatable bonds is 2. The van der Waals surface area contributed by atoms with Gasteiger partial charge in [-0.3, -0.25) is 0 Å². The van der Waals surface area contributed by atoms with Crippen LogP contribution in [0.1, 0.15) is 40.6 Å². The Bertz CT molecular complexity index is 760. The number of allylic oxidation sites excluding steroid dienone is 2. The molecule has 4 rings (SSSR count). The zero-order valence-corrected chi connectivity index (χ0v) is 14.8. The van der Waals surface area contributed by atoms with E-state index in [1.54, 1.807) is 11.8 Å². The first-order valence-corrected chi connectivity index (χ1v) is 9.59. The van der Waals surface area contributed by atoms with Crippen LogP contribution in [-0.2, 0) is 0 Å². The molecule has 2 aromatic carbocycles. The maximum Gasteiger partial charge on any atom is 0.0554 e. The van der Waals surface area contributed by atoms with E-state index in [1.807, 2.05) is 0 Å². The molecule has 1 heterocycles. The van der Waals surface area contributed by atoms with Crippen molar-refractivity contribution < 1.29 is 0 Å². The molecule has 1 aliphatic carbocycles. The van der Waals surface area contributed by atoms with Crippen LogP contribution in [0.15, 0.2) is 53.4 Å². The second-order valence-electron chi connectivity index (χ2n) is 6.72. The standard InChI is InChI=1S/C21H23NS/c1-13-7-12-19-17-5-4-6-18(17)21(22-20(19)14(13)2)15-8-10-16(23-3)11-9-15/h4-5,7-12,17-18,21-22H,6H2,1-3H3. The third-order valence-electron chi connectivity index (χ3n) is 5.54. The van der Waals surface area contributed by atoms with Gasteiger partial charge in [-0.2, -0.15) is 0 Å². The highest BCUT2D eigenvalue weighted by atomic mass is 32.2. The molecule has 0 spiro atoms. The lowest BCUT2D eigenvalue weighted by Crippen LogP contribution is -2.29. The number of fused-ring (bicyclic) bond motifs is 3. The van der Waals surface area contributed by atoms with Crippen molar-refractivity contribution in [2.24, 2.45) is 5.92 Å². The molecule has 3 atom stereocenters. The monoisotopic (exact) mass is 321 g/mol. The maximum atomic E-state index is 3.88. The van der Waals surface area contributed by atoms with E-state index < -0.39 is 0 Å². The van der Waals surface area contributed by atoms with Gasteiger partial charge in [-0.15, -0.1) is 11.8 Å². The number of thioether (sulfide) groups is 1. The fourth-order valence-corrected chi connectivity index (χ4v) is 4.47. The van der Waals surface area contributed by atoms with E-state index in [0.717, 1.165) is 0 Å². The van der Waals surface area contributed by atoms with Gasteiger partial charge in [0.25, 0.3) is 0 Å². The third kappa shape index (κ3) is 2.40. The molecule has 0 radical (unpaired) electrons. The van der Waals surface area contributed by atoms with Crippen molar-refractivity contribution >= 4 is 17.4 Å². The predicted molar refractivity (Wildman–Crippen MR) is 100 cm³/mol. The highest BCUT2D eigenvalue weighted by molar-refractivity contribution is 7.98. The first-order valence-electron chi connectivity index (χ1n) is 8.36. The van der Waals surface area contributed by atoms with Crippen molar-refractivity contribution in [2.45, 2.75) is 37.1 Å². The Morgan fingerprint density at radius 3 is 2.57 bits per heavy atom. The summed E-state index contributed by atoms with van der Waals surface area (Å²) in [6.07, 6.45) is 8.08. The molecule has 2 aliphatic rings. The molecule has 0 aromatic heterocycles. The van der Waals surface area contributed by atoms with Crippen molar-refractivity contribution in [2.75, 3.05) is 11.6 Å². The first kappa shape index (κ1) is 14.9. The molecule has 3 unspecified atom stereocenters. The van der Waals surface area contributed by atoms with Crippen molar-refractivity contribution in [1.82, 2.24) is 0 Å². The zero-order chi connectivity index (χ0) is 16.0. The van der Waals surface area contributed by atoms with E-state index in [4.69, 9.17) is 0 Å². The third-order valence-corrected chi connectivity index (χ3v) is 6.29. The smallest absolute Gasteiger partial charge is 0.0554 e. The average Bonchev–Trinajstić information content (AvgIpc) is 3.07. The Kier molecular flexibility index (Phi) is 3.73. The van der Waals surface area contributed by atoms with Crippen molar-refractivity contribution in [1.29, 1.82) is 0 Å². The molecule has 0 saturated carbocycles. The lowest BCUT2D eigenvalue weighted by atomic mass is 9.76. The van der Waals surface area contributed by atoms with E-state index in [1.165, 1.54) is 39.3 Å². The second-order valence-corrected chi connectivity index (χ2v) is 7.60. The van der Waals surface area contributed by atoms with Crippen LogP contribution in [-0.4, -0.2) is 6.26 Å². The van der Waals surface area contributed by atoms with Crippen LogP contribution in [0.2, 0.25) is 0 Å². The predicted octanol–water partition coefficient (Wildman–Crippen LogP) is 5.85. The van der Waals surface area contributed by atoms with E-state index >= 15 is 0 Å². The molecular formula is C21H23NS. The molecule has 1 aliphatic heterocycles. The van der Waals surface area contributed by atoms with E-state index in [9.17, 15) is 0 Å². The summed E-state index contributed by atoms with van der Waals surface area (Å²) < 4.78 is 0. The summed E-state index contributed by atoms with van der Waals surface area (Å²) in [6.45, 7) is 4.45.